The third-order valence-corrected chi connectivity index (χ3v) is 3.34. The highest BCUT2D eigenvalue weighted by Gasteiger charge is 2.15. The molecule has 2 aromatic carbocycles. The van der Waals surface area contributed by atoms with Crippen LogP contribution in [0.15, 0.2) is 48.5 Å². The van der Waals surface area contributed by atoms with Crippen LogP contribution in [-0.4, -0.2) is 25.0 Å². The van der Waals surface area contributed by atoms with Gasteiger partial charge in [0.05, 0.1) is 0 Å². The van der Waals surface area contributed by atoms with Crippen molar-refractivity contribution in [3.8, 4) is 5.75 Å². The fourth-order valence-electron chi connectivity index (χ4n) is 1.97. The number of ether oxygens (including phenoxy) is 1. The maximum atomic E-state index is 12.1. The maximum absolute atomic E-state index is 12.1. The Hall–Kier alpha value is -2.82. The Morgan fingerprint density at radius 3 is 2.17 bits per heavy atom. The fourth-order valence-corrected chi connectivity index (χ4v) is 1.97. The number of hydrogen-bond donors (Lipinski definition) is 2. The van der Waals surface area contributed by atoms with Crippen LogP contribution in [0.25, 0.3) is 0 Å². The summed E-state index contributed by atoms with van der Waals surface area (Å²) in [6.45, 7) is 3.68. The smallest absolute Gasteiger partial charge is 0.265 e. The molecular formula is C18H20N2O3. The predicted octanol–water partition coefficient (Wildman–Crippen LogP) is 2.76. The Labute approximate surface area is 135 Å². The summed E-state index contributed by atoms with van der Waals surface area (Å²) in [6, 6.07) is 14.2. The highest BCUT2D eigenvalue weighted by Crippen LogP contribution is 2.15. The molecule has 0 aliphatic rings. The minimum Gasteiger partial charge on any atom is -0.481 e. The van der Waals surface area contributed by atoms with Gasteiger partial charge in [0.2, 0.25) is 0 Å². The van der Waals surface area contributed by atoms with Crippen LogP contribution in [0.1, 0.15) is 22.8 Å². The molecule has 0 aliphatic heterocycles. The van der Waals surface area contributed by atoms with Gasteiger partial charge in [-0.15, -0.1) is 0 Å². The van der Waals surface area contributed by atoms with E-state index in [2.05, 4.69) is 10.6 Å². The quantitative estimate of drug-likeness (QED) is 0.892. The van der Waals surface area contributed by atoms with Gasteiger partial charge in [0.15, 0.2) is 6.10 Å². The number of amides is 2. The second kappa shape index (κ2) is 7.45. The van der Waals surface area contributed by atoms with Crippen LogP contribution in [0.3, 0.4) is 0 Å². The van der Waals surface area contributed by atoms with Gasteiger partial charge in [0.1, 0.15) is 5.75 Å². The number of anilines is 1. The van der Waals surface area contributed by atoms with Gasteiger partial charge in [0.25, 0.3) is 11.8 Å². The van der Waals surface area contributed by atoms with Crippen molar-refractivity contribution in [2.24, 2.45) is 0 Å². The highest BCUT2D eigenvalue weighted by molar-refractivity contribution is 5.96. The largest absolute Gasteiger partial charge is 0.481 e. The van der Waals surface area contributed by atoms with Gasteiger partial charge in [-0.3, -0.25) is 9.59 Å². The monoisotopic (exact) mass is 312 g/mol. The zero-order valence-corrected chi connectivity index (χ0v) is 13.4. The molecule has 5 nitrogen and oxygen atoms in total. The second-order valence-corrected chi connectivity index (χ2v) is 5.22. The summed E-state index contributed by atoms with van der Waals surface area (Å²) in [4.78, 5) is 23.6. The fraction of sp³-hybridized carbons (Fsp3) is 0.222. The van der Waals surface area contributed by atoms with Gasteiger partial charge >= 0.3 is 0 Å². The summed E-state index contributed by atoms with van der Waals surface area (Å²) in [5.41, 5.74) is 2.28. The van der Waals surface area contributed by atoms with Crippen molar-refractivity contribution in [1.82, 2.24) is 5.32 Å². The summed E-state index contributed by atoms with van der Waals surface area (Å²) in [5.74, 6) is 0.227. The van der Waals surface area contributed by atoms with E-state index in [0.717, 1.165) is 5.56 Å². The van der Waals surface area contributed by atoms with E-state index in [-0.39, 0.29) is 11.8 Å². The lowest BCUT2D eigenvalue weighted by Gasteiger charge is -2.15. The Morgan fingerprint density at radius 1 is 1.00 bits per heavy atom. The van der Waals surface area contributed by atoms with Gasteiger partial charge in [-0.05, 0) is 50.2 Å². The van der Waals surface area contributed by atoms with Crippen molar-refractivity contribution in [1.29, 1.82) is 0 Å². The Morgan fingerprint density at radius 2 is 1.61 bits per heavy atom. The van der Waals surface area contributed by atoms with Crippen LogP contribution < -0.4 is 15.4 Å². The van der Waals surface area contributed by atoms with E-state index in [9.17, 15) is 9.59 Å². The molecule has 1 atom stereocenters. The average Bonchev–Trinajstić information content (AvgIpc) is 2.56. The first-order valence-corrected chi connectivity index (χ1v) is 7.36. The molecule has 5 heteroatoms. The van der Waals surface area contributed by atoms with E-state index in [1.54, 1.807) is 38.2 Å². The summed E-state index contributed by atoms with van der Waals surface area (Å²) in [5, 5.41) is 5.31. The Bertz CT molecular complexity index is 678. The third-order valence-electron chi connectivity index (χ3n) is 3.34. The zero-order valence-electron chi connectivity index (χ0n) is 13.4. The van der Waals surface area contributed by atoms with Gasteiger partial charge < -0.3 is 15.4 Å². The van der Waals surface area contributed by atoms with Gasteiger partial charge in [-0.2, -0.15) is 0 Å². The van der Waals surface area contributed by atoms with E-state index in [1.807, 2.05) is 31.2 Å². The number of nitrogens with one attached hydrogen (secondary N) is 2. The minimum absolute atomic E-state index is 0.168. The standard InChI is InChI=1S/C18H20N2O3/c1-12-4-10-16(11-5-12)23-13(2)17(21)20-15-8-6-14(7-9-15)18(22)19-3/h4-11,13H,1-3H3,(H,19,22)(H,20,21). The average molecular weight is 312 g/mol. The minimum atomic E-state index is -0.628. The molecule has 2 aromatic rings. The van der Waals surface area contributed by atoms with Crippen LogP contribution in [0.4, 0.5) is 5.69 Å². The lowest BCUT2D eigenvalue weighted by atomic mass is 10.2. The van der Waals surface area contributed by atoms with Crippen molar-refractivity contribution < 1.29 is 14.3 Å². The lowest BCUT2D eigenvalue weighted by molar-refractivity contribution is -0.122. The van der Waals surface area contributed by atoms with Crippen LogP contribution >= 0.6 is 0 Å². The van der Waals surface area contributed by atoms with Crippen molar-refractivity contribution in [3.05, 3.63) is 59.7 Å². The third kappa shape index (κ3) is 4.57. The molecule has 1 unspecified atom stereocenters. The normalized spacial score (nSPS) is 11.4. The lowest BCUT2D eigenvalue weighted by Crippen LogP contribution is -2.30. The van der Waals surface area contributed by atoms with E-state index in [4.69, 9.17) is 4.74 Å². The van der Waals surface area contributed by atoms with Crippen molar-refractivity contribution in [3.63, 3.8) is 0 Å². The molecular weight excluding hydrogens is 292 g/mol. The van der Waals surface area contributed by atoms with Crippen LogP contribution in [0, 0.1) is 6.92 Å². The van der Waals surface area contributed by atoms with E-state index >= 15 is 0 Å². The molecule has 0 fully saturated rings. The molecule has 0 aliphatic carbocycles. The second-order valence-electron chi connectivity index (χ2n) is 5.22. The van der Waals surface area contributed by atoms with Crippen LogP contribution in [-0.2, 0) is 4.79 Å². The molecule has 0 spiro atoms. The van der Waals surface area contributed by atoms with Gasteiger partial charge in [0, 0.05) is 18.3 Å². The van der Waals surface area contributed by atoms with Crippen molar-refractivity contribution in [2.45, 2.75) is 20.0 Å². The number of rotatable bonds is 5. The molecule has 120 valence electrons. The predicted molar refractivity (Wildman–Crippen MR) is 89.7 cm³/mol. The molecule has 2 rings (SSSR count). The molecule has 2 amide bonds. The molecule has 23 heavy (non-hydrogen) atoms. The van der Waals surface area contributed by atoms with E-state index in [0.29, 0.717) is 17.0 Å². The first-order chi connectivity index (χ1) is 11.0. The molecule has 0 heterocycles. The molecule has 2 N–H and O–H groups in total. The summed E-state index contributed by atoms with van der Waals surface area (Å²) in [6.07, 6.45) is -0.628. The van der Waals surface area contributed by atoms with Crippen LogP contribution in [0.5, 0.6) is 5.75 Å². The summed E-state index contributed by atoms with van der Waals surface area (Å²) >= 11 is 0. The topological polar surface area (TPSA) is 67.4 Å². The molecule has 0 saturated heterocycles. The zero-order chi connectivity index (χ0) is 16.8. The highest BCUT2D eigenvalue weighted by atomic mass is 16.5. The SMILES string of the molecule is CNC(=O)c1ccc(NC(=O)C(C)Oc2ccc(C)cc2)cc1. The number of carbonyl (C=O) groups is 2. The van der Waals surface area contributed by atoms with Crippen molar-refractivity contribution >= 4 is 17.5 Å². The number of hydrogen-bond acceptors (Lipinski definition) is 3. The van der Waals surface area contributed by atoms with Gasteiger partial charge in [-0.25, -0.2) is 0 Å². The molecule has 0 bridgehead atoms. The van der Waals surface area contributed by atoms with E-state index < -0.39 is 6.10 Å². The van der Waals surface area contributed by atoms with E-state index in [1.165, 1.54) is 0 Å². The van der Waals surface area contributed by atoms with Crippen molar-refractivity contribution in [2.75, 3.05) is 12.4 Å². The Balaban J connectivity index is 1.95. The number of benzene rings is 2. The van der Waals surface area contributed by atoms with Crippen LogP contribution in [0.2, 0.25) is 0 Å². The molecule has 0 saturated carbocycles. The first-order valence-electron chi connectivity index (χ1n) is 7.36. The number of aryl methyl sites for hydroxylation is 1. The Kier molecular flexibility index (Phi) is 5.36. The first kappa shape index (κ1) is 16.5. The maximum Gasteiger partial charge on any atom is 0.265 e. The number of carbonyl (C=O) groups excluding carboxylic acids is 2. The molecule has 0 radical (unpaired) electrons. The summed E-state index contributed by atoms with van der Waals surface area (Å²) < 4.78 is 5.61. The molecule has 0 aromatic heterocycles. The van der Waals surface area contributed by atoms with Gasteiger partial charge in [-0.1, -0.05) is 17.7 Å². The summed E-state index contributed by atoms with van der Waals surface area (Å²) in [7, 11) is 1.57.